The number of aliphatic hydroxyl groups excluding tert-OH is 2. The predicted octanol–water partition coefficient (Wildman–Crippen LogP) is 25.7. The molecule has 0 rings (SSSR count). The van der Waals surface area contributed by atoms with Crippen molar-refractivity contribution in [2.75, 3.05) is 13.2 Å². The van der Waals surface area contributed by atoms with Gasteiger partial charge in [-0.3, -0.25) is 9.59 Å². The first-order valence-electron chi connectivity index (χ1n) is 39.1. The molecule has 0 aromatic heterocycles. The SMILES string of the molecule is CCCCCCCCCCCCCCC/C=C/C(O)C(CO)NC(=O)CCCCCCCCCCCCCCCCCCC/C=C\CCCCCCCCCCCCCCCCCCCCOC(=O)CCCCCCCCCCCCCCCC. The van der Waals surface area contributed by atoms with Crippen molar-refractivity contribution >= 4 is 11.9 Å². The van der Waals surface area contributed by atoms with Crippen molar-refractivity contribution in [2.45, 2.75) is 456 Å². The van der Waals surface area contributed by atoms with Crippen LogP contribution in [0.2, 0.25) is 0 Å². The van der Waals surface area contributed by atoms with Crippen LogP contribution in [-0.2, 0) is 14.3 Å². The van der Waals surface area contributed by atoms with Crippen LogP contribution in [0.1, 0.15) is 444 Å². The lowest BCUT2D eigenvalue weighted by Gasteiger charge is -2.20. The number of esters is 1. The second kappa shape index (κ2) is 74.8. The molecule has 0 spiro atoms. The van der Waals surface area contributed by atoms with Gasteiger partial charge in [0.2, 0.25) is 5.91 Å². The Morgan fingerprint density at radius 3 is 0.835 bits per heavy atom. The fourth-order valence-corrected chi connectivity index (χ4v) is 12.5. The van der Waals surface area contributed by atoms with Gasteiger partial charge in [0.1, 0.15) is 0 Å². The Balaban J connectivity index is 3.32. The van der Waals surface area contributed by atoms with Crippen LogP contribution in [0.5, 0.6) is 0 Å². The minimum Gasteiger partial charge on any atom is -0.466 e. The molecule has 85 heavy (non-hydrogen) atoms. The molecule has 0 saturated carbocycles. The third kappa shape index (κ3) is 71.3. The number of hydrogen-bond acceptors (Lipinski definition) is 5. The predicted molar refractivity (Wildman–Crippen MR) is 375 cm³/mol. The zero-order chi connectivity index (χ0) is 61.3. The summed E-state index contributed by atoms with van der Waals surface area (Å²) in [6.45, 7) is 4.95. The highest BCUT2D eigenvalue weighted by Gasteiger charge is 2.18. The van der Waals surface area contributed by atoms with Gasteiger partial charge in [-0.2, -0.15) is 0 Å². The summed E-state index contributed by atoms with van der Waals surface area (Å²) in [4.78, 5) is 24.6. The van der Waals surface area contributed by atoms with Gasteiger partial charge in [0.05, 0.1) is 25.4 Å². The van der Waals surface area contributed by atoms with Crippen LogP contribution in [0.3, 0.4) is 0 Å². The number of carbonyl (C=O) groups excluding carboxylic acids is 2. The number of rotatable bonds is 74. The molecule has 2 unspecified atom stereocenters. The lowest BCUT2D eigenvalue weighted by atomic mass is 10.0. The highest BCUT2D eigenvalue weighted by Crippen LogP contribution is 2.20. The fourth-order valence-electron chi connectivity index (χ4n) is 12.5. The Morgan fingerprint density at radius 2 is 0.553 bits per heavy atom. The summed E-state index contributed by atoms with van der Waals surface area (Å²) in [6, 6.07) is -0.624. The van der Waals surface area contributed by atoms with E-state index in [4.69, 9.17) is 4.74 Å². The van der Waals surface area contributed by atoms with Gasteiger partial charge in [0, 0.05) is 12.8 Å². The van der Waals surface area contributed by atoms with Gasteiger partial charge in [-0.25, -0.2) is 0 Å². The summed E-state index contributed by atoms with van der Waals surface area (Å²) in [5.41, 5.74) is 0. The Kier molecular flexibility index (Phi) is 73.3. The van der Waals surface area contributed by atoms with Gasteiger partial charge in [-0.05, 0) is 57.8 Å². The first kappa shape index (κ1) is 83.3. The van der Waals surface area contributed by atoms with E-state index in [0.717, 1.165) is 38.5 Å². The lowest BCUT2D eigenvalue weighted by molar-refractivity contribution is -0.143. The molecule has 0 saturated heterocycles. The molecule has 0 fully saturated rings. The van der Waals surface area contributed by atoms with Crippen LogP contribution in [-0.4, -0.2) is 47.4 Å². The standard InChI is InChI=1S/C79H153NO5/c1-3-5-7-9-11-13-15-17-44-47-51-55-59-63-67-71-77(82)76(75-81)80-78(83)72-68-64-60-56-52-48-45-42-40-38-36-34-32-30-28-26-24-22-20-19-21-23-25-27-29-31-33-35-37-39-41-43-46-50-54-58-62-66-70-74-85-79(84)73-69-65-61-57-53-49-18-16-14-12-10-8-6-4-2/h19-20,67,71,76-77,81-82H,3-18,21-66,68-70,72-75H2,1-2H3,(H,80,83)/b20-19-,71-67+. The normalized spacial score (nSPS) is 12.6. The summed E-state index contributed by atoms with van der Waals surface area (Å²) in [7, 11) is 0. The van der Waals surface area contributed by atoms with Crippen molar-refractivity contribution < 1.29 is 24.5 Å². The van der Waals surface area contributed by atoms with E-state index in [-0.39, 0.29) is 18.5 Å². The van der Waals surface area contributed by atoms with Crippen molar-refractivity contribution in [2.24, 2.45) is 0 Å². The van der Waals surface area contributed by atoms with Crippen LogP contribution < -0.4 is 5.32 Å². The molecular weight excluding hydrogens is 1040 g/mol. The van der Waals surface area contributed by atoms with Crippen LogP contribution in [0.25, 0.3) is 0 Å². The van der Waals surface area contributed by atoms with Crippen LogP contribution in [0.15, 0.2) is 24.3 Å². The second-order valence-corrected chi connectivity index (χ2v) is 27.0. The first-order chi connectivity index (χ1) is 42.0. The molecule has 0 bridgehead atoms. The topological polar surface area (TPSA) is 95.9 Å². The molecule has 0 aromatic carbocycles. The quantitative estimate of drug-likeness (QED) is 0.0320. The molecular formula is C79H153NO5. The molecule has 0 aromatic rings. The van der Waals surface area contributed by atoms with E-state index in [2.05, 4.69) is 31.3 Å². The van der Waals surface area contributed by atoms with Crippen molar-refractivity contribution in [1.29, 1.82) is 0 Å². The van der Waals surface area contributed by atoms with Crippen LogP contribution >= 0.6 is 0 Å². The van der Waals surface area contributed by atoms with Crippen molar-refractivity contribution in [3.8, 4) is 0 Å². The van der Waals surface area contributed by atoms with E-state index < -0.39 is 12.1 Å². The monoisotopic (exact) mass is 1200 g/mol. The smallest absolute Gasteiger partial charge is 0.305 e. The molecule has 1 amide bonds. The maximum Gasteiger partial charge on any atom is 0.305 e. The molecule has 0 aliphatic rings. The van der Waals surface area contributed by atoms with E-state index in [1.807, 2.05) is 6.08 Å². The highest BCUT2D eigenvalue weighted by atomic mass is 16.5. The average Bonchev–Trinajstić information content (AvgIpc) is 3.51. The highest BCUT2D eigenvalue weighted by molar-refractivity contribution is 5.76. The van der Waals surface area contributed by atoms with Gasteiger partial charge in [0.15, 0.2) is 0 Å². The Bertz CT molecular complexity index is 1330. The third-order valence-electron chi connectivity index (χ3n) is 18.5. The maximum atomic E-state index is 12.5. The van der Waals surface area contributed by atoms with Gasteiger partial charge in [0.25, 0.3) is 0 Å². The number of unbranched alkanes of at least 4 members (excludes halogenated alkanes) is 61. The van der Waals surface area contributed by atoms with Gasteiger partial charge in [-0.15, -0.1) is 0 Å². The number of aliphatic hydroxyl groups is 2. The van der Waals surface area contributed by atoms with Crippen molar-refractivity contribution in [3.63, 3.8) is 0 Å². The van der Waals surface area contributed by atoms with Gasteiger partial charge >= 0.3 is 5.97 Å². The largest absolute Gasteiger partial charge is 0.466 e. The van der Waals surface area contributed by atoms with E-state index in [1.54, 1.807) is 6.08 Å². The summed E-state index contributed by atoms with van der Waals surface area (Å²) < 4.78 is 5.50. The molecule has 0 radical (unpaired) electrons. The number of allylic oxidation sites excluding steroid dienone is 3. The number of hydrogen-bond donors (Lipinski definition) is 3. The average molecular weight is 1200 g/mol. The molecule has 6 nitrogen and oxygen atoms in total. The molecule has 3 N–H and O–H groups in total. The maximum absolute atomic E-state index is 12.5. The van der Waals surface area contributed by atoms with Crippen LogP contribution in [0, 0.1) is 0 Å². The molecule has 0 aliphatic carbocycles. The fraction of sp³-hybridized carbons (Fsp3) is 0.924. The first-order valence-corrected chi connectivity index (χ1v) is 39.1. The Hall–Kier alpha value is -1.66. The van der Waals surface area contributed by atoms with Crippen molar-refractivity contribution in [1.82, 2.24) is 5.32 Å². The summed E-state index contributed by atoms with van der Waals surface area (Å²) in [5, 5.41) is 23.2. The van der Waals surface area contributed by atoms with E-state index in [1.165, 1.54) is 379 Å². The second-order valence-electron chi connectivity index (χ2n) is 27.0. The minimum absolute atomic E-state index is 0.0254. The molecule has 6 heteroatoms. The summed E-state index contributed by atoms with van der Waals surface area (Å²) >= 11 is 0. The summed E-state index contributed by atoms with van der Waals surface area (Å²) in [6.07, 6.45) is 96.0. The Labute approximate surface area is 532 Å². The third-order valence-corrected chi connectivity index (χ3v) is 18.5. The molecule has 0 aliphatic heterocycles. The van der Waals surface area contributed by atoms with E-state index in [0.29, 0.717) is 19.4 Å². The summed E-state index contributed by atoms with van der Waals surface area (Å²) in [5.74, 6) is -0.0353. The van der Waals surface area contributed by atoms with Gasteiger partial charge < -0.3 is 20.3 Å². The number of amides is 1. The van der Waals surface area contributed by atoms with E-state index >= 15 is 0 Å². The Morgan fingerprint density at radius 1 is 0.318 bits per heavy atom. The molecule has 0 heterocycles. The molecule has 504 valence electrons. The molecule has 2 atom stereocenters. The van der Waals surface area contributed by atoms with Gasteiger partial charge in [-0.1, -0.05) is 398 Å². The minimum atomic E-state index is -0.841. The zero-order valence-electron chi connectivity index (χ0n) is 57.9. The number of ether oxygens (including phenoxy) is 1. The zero-order valence-corrected chi connectivity index (χ0v) is 57.9. The van der Waals surface area contributed by atoms with Crippen LogP contribution in [0.4, 0.5) is 0 Å². The lowest BCUT2D eigenvalue weighted by Crippen LogP contribution is -2.45. The number of nitrogens with one attached hydrogen (secondary N) is 1. The number of carbonyl (C=O) groups is 2. The van der Waals surface area contributed by atoms with E-state index in [9.17, 15) is 19.8 Å². The van der Waals surface area contributed by atoms with Crippen molar-refractivity contribution in [3.05, 3.63) is 24.3 Å².